The topological polar surface area (TPSA) is 14.7 Å². The Bertz CT molecular complexity index is 3850. The summed E-state index contributed by atoms with van der Waals surface area (Å²) in [5, 5.41) is 4.79. The monoisotopic (exact) mass is 926 g/mol. The van der Waals surface area contributed by atoms with E-state index >= 15 is 0 Å². The molecule has 0 N–H and O–H groups in total. The summed E-state index contributed by atoms with van der Waals surface area (Å²) in [6.07, 6.45) is 0. The minimum atomic E-state index is 1.08. The smallest absolute Gasteiger partial charge is 0.0641 e. The van der Waals surface area contributed by atoms with Gasteiger partial charge in [-0.25, -0.2) is 0 Å². The lowest BCUT2D eigenvalue weighted by Crippen LogP contribution is -2.13. The van der Waals surface area contributed by atoms with E-state index in [1.54, 1.807) is 0 Å². The summed E-state index contributed by atoms with van der Waals surface area (Å²) < 4.78 is 4.78. The van der Waals surface area contributed by atoms with Gasteiger partial charge in [-0.15, -0.1) is 11.3 Å². The summed E-state index contributed by atoms with van der Waals surface area (Å²) in [4.78, 5) is 7.30. The van der Waals surface area contributed by atoms with Gasteiger partial charge in [0.1, 0.15) is 0 Å². The summed E-state index contributed by atoms with van der Waals surface area (Å²) in [7, 11) is 0. The Morgan fingerprint density at radius 3 is 1.13 bits per heavy atom. The number of rotatable bonds is 11. The molecule has 11 aromatic carbocycles. The van der Waals surface area contributed by atoms with Crippen molar-refractivity contribution in [3.05, 3.63) is 279 Å². The van der Waals surface area contributed by atoms with Gasteiger partial charge >= 0.3 is 0 Å². The fourth-order valence-electron chi connectivity index (χ4n) is 10.4. The van der Waals surface area contributed by atoms with Crippen molar-refractivity contribution >= 4 is 105 Å². The zero-order valence-electron chi connectivity index (χ0n) is 38.8. The SMILES string of the molecule is c1ccc(N(c2ccccc2)c2ccc(N(c3ccccc3)c3ccccc3)c3c2sc2c(-c4ccc5c(c4)c4ccccc4n5-c4ccccc4)ccc(N(c4ccccc4)c4ccccc4)c23)cc1. The largest absolute Gasteiger partial charge is 0.310 e. The van der Waals surface area contributed by atoms with Crippen LogP contribution in [0.1, 0.15) is 0 Å². The first-order valence-electron chi connectivity index (χ1n) is 24.1. The van der Waals surface area contributed by atoms with Gasteiger partial charge in [-0.2, -0.15) is 0 Å². The lowest BCUT2D eigenvalue weighted by molar-refractivity contribution is 1.18. The van der Waals surface area contributed by atoms with Gasteiger partial charge < -0.3 is 19.3 Å². The highest BCUT2D eigenvalue weighted by Gasteiger charge is 2.29. The van der Waals surface area contributed by atoms with Crippen LogP contribution < -0.4 is 14.7 Å². The van der Waals surface area contributed by atoms with Crippen molar-refractivity contribution in [1.82, 2.24) is 4.57 Å². The van der Waals surface area contributed by atoms with Crippen LogP contribution in [0.4, 0.5) is 51.2 Å². The molecule has 0 amide bonds. The maximum absolute atomic E-state index is 2.44. The van der Waals surface area contributed by atoms with E-state index in [4.69, 9.17) is 0 Å². The molecular weight excluding hydrogens is 881 g/mol. The minimum absolute atomic E-state index is 1.08. The molecule has 13 rings (SSSR count). The number of para-hydroxylation sites is 8. The maximum Gasteiger partial charge on any atom is 0.0641 e. The molecule has 0 unspecified atom stereocenters. The molecule has 0 aliphatic rings. The average molecular weight is 927 g/mol. The van der Waals surface area contributed by atoms with Crippen molar-refractivity contribution in [3.63, 3.8) is 0 Å². The molecule has 5 heteroatoms. The van der Waals surface area contributed by atoms with Crippen molar-refractivity contribution in [1.29, 1.82) is 0 Å². The molecule has 0 atom stereocenters. The Hall–Kier alpha value is -9.16. The first-order valence-corrected chi connectivity index (χ1v) is 24.9. The second kappa shape index (κ2) is 18.1. The fraction of sp³-hybridized carbons (Fsp3) is 0. The predicted molar refractivity (Wildman–Crippen MR) is 303 cm³/mol. The Kier molecular flexibility index (Phi) is 10.7. The van der Waals surface area contributed by atoms with Crippen molar-refractivity contribution in [2.75, 3.05) is 14.7 Å². The number of hydrogen-bond donors (Lipinski definition) is 0. The first-order chi connectivity index (χ1) is 35.3. The lowest BCUT2D eigenvalue weighted by atomic mass is 9.97. The van der Waals surface area contributed by atoms with E-state index in [-0.39, 0.29) is 0 Å². The number of hydrogen-bond acceptors (Lipinski definition) is 4. The zero-order valence-corrected chi connectivity index (χ0v) is 39.6. The molecule has 71 heavy (non-hydrogen) atoms. The van der Waals surface area contributed by atoms with E-state index in [1.807, 2.05) is 11.3 Å². The first kappa shape index (κ1) is 42.0. The highest BCUT2D eigenvalue weighted by Crippen LogP contribution is 2.56. The van der Waals surface area contributed by atoms with E-state index < -0.39 is 0 Å². The molecule has 0 aliphatic carbocycles. The Balaban J connectivity index is 1.19. The van der Waals surface area contributed by atoms with Gasteiger partial charge in [0.2, 0.25) is 0 Å². The quantitative estimate of drug-likeness (QED) is 0.128. The number of benzene rings is 11. The minimum Gasteiger partial charge on any atom is -0.310 e. The van der Waals surface area contributed by atoms with Crippen molar-refractivity contribution < 1.29 is 0 Å². The summed E-state index contributed by atoms with van der Waals surface area (Å²) in [5.41, 5.74) is 15.6. The van der Waals surface area contributed by atoms with Crippen molar-refractivity contribution in [2.45, 2.75) is 0 Å². The van der Waals surface area contributed by atoms with E-state index in [0.29, 0.717) is 0 Å². The van der Waals surface area contributed by atoms with Crippen LogP contribution in [0.5, 0.6) is 0 Å². The summed E-state index contributed by atoms with van der Waals surface area (Å²) >= 11 is 1.88. The molecule has 0 spiro atoms. The Morgan fingerprint density at radius 2 is 0.648 bits per heavy atom. The summed E-state index contributed by atoms with van der Waals surface area (Å²) in [5.74, 6) is 0. The number of aromatic nitrogens is 1. The molecule has 336 valence electrons. The summed E-state index contributed by atoms with van der Waals surface area (Å²) in [6.45, 7) is 0. The average Bonchev–Trinajstić information content (AvgIpc) is 4.01. The fourth-order valence-corrected chi connectivity index (χ4v) is 11.8. The van der Waals surface area contributed by atoms with Crippen LogP contribution in [0.25, 0.3) is 58.8 Å². The van der Waals surface area contributed by atoms with Crippen LogP contribution in [0.2, 0.25) is 0 Å². The van der Waals surface area contributed by atoms with E-state index in [1.165, 1.54) is 47.5 Å². The van der Waals surface area contributed by atoms with Gasteiger partial charge in [0.25, 0.3) is 0 Å². The molecule has 13 aromatic rings. The van der Waals surface area contributed by atoms with Gasteiger partial charge in [-0.05, 0) is 132 Å². The number of anilines is 9. The molecule has 0 radical (unpaired) electrons. The van der Waals surface area contributed by atoms with Crippen molar-refractivity contribution in [2.24, 2.45) is 0 Å². The van der Waals surface area contributed by atoms with Crippen LogP contribution >= 0.6 is 11.3 Å². The second-order valence-electron chi connectivity index (χ2n) is 17.7. The second-order valence-corrected chi connectivity index (χ2v) is 18.7. The van der Waals surface area contributed by atoms with Crippen molar-refractivity contribution in [3.8, 4) is 16.8 Å². The van der Waals surface area contributed by atoms with Gasteiger partial charge in [0.15, 0.2) is 0 Å². The Morgan fingerprint density at radius 1 is 0.282 bits per heavy atom. The molecule has 0 aliphatic heterocycles. The molecule has 0 fully saturated rings. The van der Waals surface area contributed by atoms with E-state index in [9.17, 15) is 0 Å². The van der Waals surface area contributed by atoms with E-state index in [0.717, 1.165) is 62.4 Å². The molecule has 0 saturated heterocycles. The van der Waals surface area contributed by atoms with Crippen LogP contribution in [-0.4, -0.2) is 4.57 Å². The van der Waals surface area contributed by atoms with Gasteiger partial charge in [-0.1, -0.05) is 158 Å². The third-order valence-corrected chi connectivity index (χ3v) is 14.8. The normalized spacial score (nSPS) is 11.4. The molecule has 4 nitrogen and oxygen atoms in total. The number of thiophene rings is 1. The maximum atomic E-state index is 2.44. The third-order valence-electron chi connectivity index (χ3n) is 13.5. The standard InChI is InChI=1S/C66H46N4S/c1-8-24-48(25-9-1)67(49-26-10-2-11-27-49)60-43-41-55(47-40-42-59-57(46-47)56-38-22-23-39-58(56)70(59)54-36-20-7-21-37-54)65-63(60)64-61(68(50-28-12-3-13-29-50)51-30-14-4-15-31-51)44-45-62(66(64)71-65)69(52-32-16-5-17-33-52)53-34-18-6-19-35-53/h1-46H. The molecule has 2 aromatic heterocycles. The number of fused-ring (bicyclic) bond motifs is 6. The molecule has 2 heterocycles. The molecule has 0 saturated carbocycles. The summed E-state index contributed by atoms with van der Waals surface area (Å²) in [6, 6.07) is 101. The van der Waals surface area contributed by atoms with Gasteiger partial charge in [0, 0.05) is 66.1 Å². The van der Waals surface area contributed by atoms with Gasteiger partial charge in [-0.3, -0.25) is 0 Å². The van der Waals surface area contributed by atoms with Crippen LogP contribution in [0.3, 0.4) is 0 Å². The van der Waals surface area contributed by atoms with Gasteiger partial charge in [0.05, 0.1) is 32.8 Å². The highest BCUT2D eigenvalue weighted by molar-refractivity contribution is 7.27. The lowest BCUT2D eigenvalue weighted by Gasteiger charge is -2.30. The van der Waals surface area contributed by atoms with Crippen LogP contribution in [-0.2, 0) is 0 Å². The molecular formula is C66H46N4S. The molecule has 0 bridgehead atoms. The van der Waals surface area contributed by atoms with Crippen LogP contribution in [0.15, 0.2) is 279 Å². The highest BCUT2D eigenvalue weighted by atomic mass is 32.1. The van der Waals surface area contributed by atoms with Crippen LogP contribution in [0, 0.1) is 0 Å². The number of nitrogens with zero attached hydrogens (tertiary/aromatic N) is 4. The predicted octanol–water partition coefficient (Wildman–Crippen LogP) is 19.2. The third kappa shape index (κ3) is 7.39. The zero-order chi connectivity index (χ0) is 47.1. The van der Waals surface area contributed by atoms with E-state index in [2.05, 4.69) is 298 Å². The Labute approximate surface area is 417 Å².